The molecule has 1 fully saturated rings. The molecule has 0 amide bonds. The van der Waals surface area contributed by atoms with Crippen molar-refractivity contribution in [3.8, 4) is 0 Å². The van der Waals surface area contributed by atoms with Gasteiger partial charge in [0, 0.05) is 18.6 Å². The van der Waals surface area contributed by atoms with Gasteiger partial charge in [0.2, 0.25) is 0 Å². The Morgan fingerprint density at radius 2 is 1.92 bits per heavy atom. The van der Waals surface area contributed by atoms with Crippen LogP contribution in [-0.2, 0) is 0 Å². The molecule has 0 spiro atoms. The second-order valence-electron chi connectivity index (χ2n) is 3.75. The SMILES string of the molecule is CCN(CC)C(C)CNC1CC1. The summed E-state index contributed by atoms with van der Waals surface area (Å²) in [6, 6.07) is 1.55. The molecule has 1 saturated carbocycles. The van der Waals surface area contributed by atoms with Crippen molar-refractivity contribution in [2.24, 2.45) is 0 Å². The van der Waals surface area contributed by atoms with Crippen molar-refractivity contribution in [1.82, 2.24) is 10.2 Å². The molecule has 0 saturated heterocycles. The Morgan fingerprint density at radius 3 is 2.33 bits per heavy atom. The van der Waals surface area contributed by atoms with Crippen LogP contribution < -0.4 is 5.32 Å². The van der Waals surface area contributed by atoms with E-state index >= 15 is 0 Å². The highest BCUT2D eigenvalue weighted by atomic mass is 15.2. The lowest BCUT2D eigenvalue weighted by Gasteiger charge is -2.26. The number of hydrogen-bond acceptors (Lipinski definition) is 2. The van der Waals surface area contributed by atoms with Crippen LogP contribution in [0.15, 0.2) is 0 Å². The molecule has 1 rings (SSSR count). The predicted octanol–water partition coefficient (Wildman–Crippen LogP) is 1.47. The fraction of sp³-hybridized carbons (Fsp3) is 1.00. The van der Waals surface area contributed by atoms with E-state index in [1.807, 2.05) is 0 Å². The summed E-state index contributed by atoms with van der Waals surface area (Å²) in [5.74, 6) is 0. The maximum Gasteiger partial charge on any atom is 0.0192 e. The van der Waals surface area contributed by atoms with Crippen LogP contribution >= 0.6 is 0 Å². The second-order valence-corrected chi connectivity index (χ2v) is 3.75. The zero-order valence-electron chi connectivity index (χ0n) is 8.64. The fourth-order valence-corrected chi connectivity index (χ4v) is 1.60. The lowest BCUT2D eigenvalue weighted by molar-refractivity contribution is 0.225. The maximum absolute atomic E-state index is 3.56. The molecule has 0 aromatic rings. The zero-order valence-corrected chi connectivity index (χ0v) is 8.64. The smallest absolute Gasteiger partial charge is 0.0192 e. The van der Waals surface area contributed by atoms with Gasteiger partial charge in [-0.3, -0.25) is 4.90 Å². The Morgan fingerprint density at radius 1 is 1.33 bits per heavy atom. The van der Waals surface area contributed by atoms with Crippen LogP contribution in [-0.4, -0.2) is 36.6 Å². The summed E-state index contributed by atoms with van der Waals surface area (Å²) in [5.41, 5.74) is 0. The summed E-state index contributed by atoms with van der Waals surface area (Å²) in [6.07, 6.45) is 2.79. The number of likely N-dealkylation sites (N-methyl/N-ethyl adjacent to an activating group) is 1. The van der Waals surface area contributed by atoms with Gasteiger partial charge in [0.25, 0.3) is 0 Å². The average Bonchev–Trinajstić information content (AvgIpc) is 2.86. The van der Waals surface area contributed by atoms with E-state index in [2.05, 4.69) is 31.0 Å². The van der Waals surface area contributed by atoms with Gasteiger partial charge in [-0.2, -0.15) is 0 Å². The quantitative estimate of drug-likeness (QED) is 0.649. The van der Waals surface area contributed by atoms with E-state index in [1.54, 1.807) is 0 Å². The van der Waals surface area contributed by atoms with Gasteiger partial charge in [-0.1, -0.05) is 13.8 Å². The van der Waals surface area contributed by atoms with Crippen LogP contribution in [0, 0.1) is 0 Å². The Hall–Kier alpha value is -0.0800. The molecule has 0 heterocycles. The van der Waals surface area contributed by atoms with Crippen molar-refractivity contribution in [2.75, 3.05) is 19.6 Å². The fourth-order valence-electron chi connectivity index (χ4n) is 1.60. The molecule has 1 unspecified atom stereocenters. The third-order valence-corrected chi connectivity index (χ3v) is 2.71. The van der Waals surface area contributed by atoms with Gasteiger partial charge in [-0.15, -0.1) is 0 Å². The van der Waals surface area contributed by atoms with Crippen molar-refractivity contribution < 1.29 is 0 Å². The molecule has 1 N–H and O–H groups in total. The molecule has 0 aromatic heterocycles. The first-order chi connectivity index (χ1) is 5.77. The first kappa shape index (κ1) is 10.0. The van der Waals surface area contributed by atoms with Gasteiger partial charge in [0.1, 0.15) is 0 Å². The van der Waals surface area contributed by atoms with Crippen LogP contribution in [0.1, 0.15) is 33.6 Å². The highest BCUT2D eigenvalue weighted by molar-refractivity contribution is 4.82. The number of nitrogens with zero attached hydrogens (tertiary/aromatic N) is 1. The van der Waals surface area contributed by atoms with E-state index in [-0.39, 0.29) is 0 Å². The first-order valence-corrected chi connectivity index (χ1v) is 5.25. The number of nitrogens with one attached hydrogen (secondary N) is 1. The standard InChI is InChI=1S/C10H22N2/c1-4-12(5-2)9(3)8-11-10-6-7-10/h9-11H,4-8H2,1-3H3. The lowest BCUT2D eigenvalue weighted by atomic mass is 10.3. The number of hydrogen-bond donors (Lipinski definition) is 1. The minimum absolute atomic E-state index is 0.695. The van der Waals surface area contributed by atoms with Crippen LogP contribution in [0.5, 0.6) is 0 Å². The average molecular weight is 170 g/mol. The monoisotopic (exact) mass is 170 g/mol. The first-order valence-electron chi connectivity index (χ1n) is 5.25. The van der Waals surface area contributed by atoms with Crippen LogP contribution in [0.25, 0.3) is 0 Å². The summed E-state index contributed by atoms with van der Waals surface area (Å²) in [6.45, 7) is 10.3. The largest absolute Gasteiger partial charge is 0.312 e. The minimum atomic E-state index is 0.695. The molecule has 12 heavy (non-hydrogen) atoms. The Balaban J connectivity index is 2.10. The molecule has 1 atom stereocenters. The van der Waals surface area contributed by atoms with Crippen molar-refractivity contribution in [3.05, 3.63) is 0 Å². The van der Waals surface area contributed by atoms with Gasteiger partial charge < -0.3 is 5.32 Å². The van der Waals surface area contributed by atoms with E-state index in [9.17, 15) is 0 Å². The molecule has 1 aliphatic carbocycles. The summed E-state index contributed by atoms with van der Waals surface area (Å²) < 4.78 is 0. The van der Waals surface area contributed by atoms with E-state index in [4.69, 9.17) is 0 Å². The molecule has 0 radical (unpaired) electrons. The normalized spacial score (nSPS) is 20.0. The highest BCUT2D eigenvalue weighted by Gasteiger charge is 2.21. The highest BCUT2D eigenvalue weighted by Crippen LogP contribution is 2.18. The van der Waals surface area contributed by atoms with E-state index in [0.717, 1.165) is 12.6 Å². The van der Waals surface area contributed by atoms with Crippen molar-refractivity contribution in [1.29, 1.82) is 0 Å². The van der Waals surface area contributed by atoms with E-state index < -0.39 is 0 Å². The van der Waals surface area contributed by atoms with Gasteiger partial charge in [0.15, 0.2) is 0 Å². The molecule has 0 aromatic carbocycles. The van der Waals surface area contributed by atoms with Gasteiger partial charge >= 0.3 is 0 Å². The van der Waals surface area contributed by atoms with Crippen molar-refractivity contribution in [2.45, 2.75) is 45.7 Å². The lowest BCUT2D eigenvalue weighted by Crippen LogP contribution is -2.40. The van der Waals surface area contributed by atoms with Gasteiger partial charge in [-0.05, 0) is 32.9 Å². The molecule has 72 valence electrons. The summed E-state index contributed by atoms with van der Waals surface area (Å²) >= 11 is 0. The summed E-state index contributed by atoms with van der Waals surface area (Å²) in [5, 5.41) is 3.56. The van der Waals surface area contributed by atoms with Crippen LogP contribution in [0.4, 0.5) is 0 Å². The van der Waals surface area contributed by atoms with E-state index in [1.165, 1.54) is 25.9 Å². The maximum atomic E-state index is 3.56. The zero-order chi connectivity index (χ0) is 8.97. The topological polar surface area (TPSA) is 15.3 Å². The van der Waals surface area contributed by atoms with Gasteiger partial charge in [0.05, 0.1) is 0 Å². The summed E-state index contributed by atoms with van der Waals surface area (Å²) in [4.78, 5) is 2.50. The number of rotatable bonds is 6. The van der Waals surface area contributed by atoms with Gasteiger partial charge in [-0.25, -0.2) is 0 Å². The van der Waals surface area contributed by atoms with Crippen LogP contribution in [0.2, 0.25) is 0 Å². The molecule has 1 aliphatic rings. The molecule has 0 bridgehead atoms. The third-order valence-electron chi connectivity index (χ3n) is 2.71. The summed E-state index contributed by atoms with van der Waals surface area (Å²) in [7, 11) is 0. The predicted molar refractivity (Wildman–Crippen MR) is 53.4 cm³/mol. The van der Waals surface area contributed by atoms with Crippen molar-refractivity contribution in [3.63, 3.8) is 0 Å². The molecule has 0 aliphatic heterocycles. The Kier molecular flexibility index (Phi) is 4.02. The Bertz CT molecular complexity index is 117. The molecule has 2 heteroatoms. The molecule has 2 nitrogen and oxygen atoms in total. The van der Waals surface area contributed by atoms with E-state index in [0.29, 0.717) is 6.04 Å². The van der Waals surface area contributed by atoms with Crippen molar-refractivity contribution >= 4 is 0 Å². The third kappa shape index (κ3) is 3.11. The Labute approximate surface area is 76.3 Å². The minimum Gasteiger partial charge on any atom is -0.312 e. The molecular weight excluding hydrogens is 148 g/mol. The second kappa shape index (κ2) is 4.83. The molecular formula is C10H22N2. The van der Waals surface area contributed by atoms with Crippen LogP contribution in [0.3, 0.4) is 0 Å².